The Morgan fingerprint density at radius 3 is 2.74 bits per heavy atom. The van der Waals surface area contributed by atoms with Crippen LogP contribution in [0.3, 0.4) is 0 Å². The van der Waals surface area contributed by atoms with Crippen LogP contribution in [0, 0.1) is 0 Å². The molecule has 2 aromatic carbocycles. The van der Waals surface area contributed by atoms with Crippen LogP contribution in [-0.4, -0.2) is 5.11 Å². The van der Waals surface area contributed by atoms with E-state index in [-0.39, 0.29) is 0 Å². The first-order chi connectivity index (χ1) is 9.31. The van der Waals surface area contributed by atoms with Crippen molar-refractivity contribution in [3.8, 4) is 5.75 Å². The minimum atomic E-state index is -0.592. The number of ether oxygens (including phenoxy) is 1. The zero-order valence-corrected chi connectivity index (χ0v) is 11.1. The second kappa shape index (κ2) is 5.06. The normalized spacial score (nSPS) is 17.1. The molecule has 0 bridgehead atoms. The molecule has 0 saturated heterocycles. The van der Waals surface area contributed by atoms with E-state index in [0.29, 0.717) is 6.61 Å². The first kappa shape index (κ1) is 12.2. The molecule has 2 nitrogen and oxygen atoms in total. The Labute approximate surface area is 113 Å². The number of aliphatic hydroxyl groups excluding tert-OH is 1. The summed E-state index contributed by atoms with van der Waals surface area (Å²) in [5.74, 6) is 0.869. The van der Waals surface area contributed by atoms with Crippen LogP contribution in [0.2, 0.25) is 0 Å². The van der Waals surface area contributed by atoms with E-state index in [1.54, 1.807) is 0 Å². The van der Waals surface area contributed by atoms with Crippen molar-refractivity contribution in [1.82, 2.24) is 0 Å². The third-order valence-electron chi connectivity index (χ3n) is 3.66. The van der Waals surface area contributed by atoms with E-state index < -0.39 is 6.10 Å². The summed E-state index contributed by atoms with van der Waals surface area (Å²) >= 11 is 0. The fourth-order valence-corrected chi connectivity index (χ4v) is 2.71. The number of hydrogen-bond acceptors (Lipinski definition) is 2. The van der Waals surface area contributed by atoms with Gasteiger partial charge in [-0.2, -0.15) is 0 Å². The smallest absolute Gasteiger partial charge is 0.129 e. The van der Waals surface area contributed by atoms with Gasteiger partial charge in [-0.3, -0.25) is 0 Å². The summed E-state index contributed by atoms with van der Waals surface area (Å²) in [5, 5.41) is 10.6. The Morgan fingerprint density at radius 1 is 1.11 bits per heavy atom. The van der Waals surface area contributed by atoms with Crippen LogP contribution in [0.5, 0.6) is 5.75 Å². The maximum absolute atomic E-state index is 10.6. The molecule has 98 valence electrons. The summed E-state index contributed by atoms with van der Waals surface area (Å²) in [6, 6.07) is 14.0. The van der Waals surface area contributed by atoms with E-state index in [1.165, 1.54) is 5.56 Å². The molecule has 2 heteroatoms. The van der Waals surface area contributed by atoms with Crippen LogP contribution in [0.15, 0.2) is 42.5 Å². The van der Waals surface area contributed by atoms with Crippen molar-refractivity contribution in [3.05, 3.63) is 64.7 Å². The highest BCUT2D eigenvalue weighted by atomic mass is 16.5. The molecule has 1 heterocycles. The Kier molecular flexibility index (Phi) is 3.26. The van der Waals surface area contributed by atoms with Crippen molar-refractivity contribution in [2.24, 2.45) is 0 Å². The van der Waals surface area contributed by atoms with Gasteiger partial charge in [0.1, 0.15) is 18.5 Å². The molecular weight excluding hydrogens is 236 g/mol. The van der Waals surface area contributed by atoms with E-state index >= 15 is 0 Å². The van der Waals surface area contributed by atoms with Crippen molar-refractivity contribution in [1.29, 1.82) is 0 Å². The van der Waals surface area contributed by atoms with Gasteiger partial charge in [-0.05, 0) is 23.1 Å². The fraction of sp³-hybridized carbons (Fsp3) is 0.294. The molecule has 1 N–H and O–H groups in total. The molecule has 0 radical (unpaired) electrons. The quantitative estimate of drug-likeness (QED) is 0.887. The predicted molar refractivity (Wildman–Crippen MR) is 75.3 cm³/mol. The van der Waals surface area contributed by atoms with Gasteiger partial charge in [0.2, 0.25) is 0 Å². The van der Waals surface area contributed by atoms with Gasteiger partial charge < -0.3 is 9.84 Å². The molecule has 0 saturated carbocycles. The maximum atomic E-state index is 10.6. The third-order valence-corrected chi connectivity index (χ3v) is 3.66. The highest BCUT2D eigenvalue weighted by Crippen LogP contribution is 2.38. The van der Waals surface area contributed by atoms with E-state index in [4.69, 9.17) is 4.74 Å². The number of aryl methyl sites for hydroxylation is 1. The molecule has 0 aromatic heterocycles. The summed E-state index contributed by atoms with van der Waals surface area (Å²) < 4.78 is 5.97. The zero-order chi connectivity index (χ0) is 13.2. The van der Waals surface area contributed by atoms with Gasteiger partial charge in [0.25, 0.3) is 0 Å². The molecule has 0 amide bonds. The first-order valence-electron chi connectivity index (χ1n) is 6.81. The zero-order valence-electron chi connectivity index (χ0n) is 11.1. The Hall–Kier alpha value is -1.80. The Morgan fingerprint density at radius 2 is 1.89 bits per heavy atom. The van der Waals surface area contributed by atoms with Crippen molar-refractivity contribution in [2.45, 2.75) is 32.5 Å². The maximum Gasteiger partial charge on any atom is 0.129 e. The average molecular weight is 254 g/mol. The lowest BCUT2D eigenvalue weighted by Gasteiger charge is -2.15. The second-order valence-electron chi connectivity index (χ2n) is 4.98. The minimum absolute atomic E-state index is 0.529. The van der Waals surface area contributed by atoms with Crippen LogP contribution in [0.4, 0.5) is 0 Å². The third kappa shape index (κ3) is 2.13. The van der Waals surface area contributed by atoms with Gasteiger partial charge in [0.15, 0.2) is 0 Å². The molecule has 0 aliphatic carbocycles. The Bertz CT molecular complexity index is 590. The highest BCUT2D eigenvalue weighted by molar-refractivity contribution is 5.49. The van der Waals surface area contributed by atoms with Crippen molar-refractivity contribution in [2.75, 3.05) is 0 Å². The standard InChI is InChI=1S/C17H18O2/c1-2-6-12-8-5-10-15-16(18)14-9-4-3-7-13(14)11-19-17(12)15/h3-5,7-10,16,18H,2,6,11H2,1H3. The van der Waals surface area contributed by atoms with Crippen LogP contribution in [0.25, 0.3) is 0 Å². The number of fused-ring (bicyclic) bond motifs is 2. The van der Waals surface area contributed by atoms with E-state index in [9.17, 15) is 5.11 Å². The molecule has 1 unspecified atom stereocenters. The van der Waals surface area contributed by atoms with Crippen LogP contribution >= 0.6 is 0 Å². The molecule has 19 heavy (non-hydrogen) atoms. The minimum Gasteiger partial charge on any atom is -0.488 e. The monoisotopic (exact) mass is 254 g/mol. The van der Waals surface area contributed by atoms with E-state index in [2.05, 4.69) is 13.0 Å². The molecule has 1 aliphatic rings. The van der Waals surface area contributed by atoms with Crippen molar-refractivity contribution >= 4 is 0 Å². The van der Waals surface area contributed by atoms with E-state index in [0.717, 1.165) is 35.3 Å². The SMILES string of the molecule is CCCc1cccc2c1OCc1ccccc1C2O. The summed E-state index contributed by atoms with van der Waals surface area (Å²) in [6.07, 6.45) is 1.46. The molecule has 1 atom stereocenters. The largest absolute Gasteiger partial charge is 0.488 e. The molecule has 3 rings (SSSR count). The van der Waals surface area contributed by atoms with E-state index in [1.807, 2.05) is 36.4 Å². The van der Waals surface area contributed by atoms with Crippen LogP contribution < -0.4 is 4.74 Å². The number of rotatable bonds is 2. The van der Waals surface area contributed by atoms with Gasteiger partial charge in [0, 0.05) is 5.56 Å². The average Bonchev–Trinajstić information content (AvgIpc) is 2.59. The predicted octanol–water partition coefficient (Wildman–Crippen LogP) is 3.61. The van der Waals surface area contributed by atoms with Gasteiger partial charge >= 0.3 is 0 Å². The van der Waals surface area contributed by atoms with Gasteiger partial charge in [-0.25, -0.2) is 0 Å². The Balaban J connectivity index is 2.11. The molecule has 2 aromatic rings. The number of aliphatic hydroxyl groups is 1. The van der Waals surface area contributed by atoms with Crippen molar-refractivity contribution in [3.63, 3.8) is 0 Å². The van der Waals surface area contributed by atoms with Crippen LogP contribution in [0.1, 0.15) is 41.7 Å². The van der Waals surface area contributed by atoms with Gasteiger partial charge in [-0.1, -0.05) is 55.8 Å². The summed E-state index contributed by atoms with van der Waals surface area (Å²) in [7, 11) is 0. The molecule has 1 aliphatic heterocycles. The molecular formula is C17H18O2. The summed E-state index contributed by atoms with van der Waals surface area (Å²) in [4.78, 5) is 0. The molecule has 0 spiro atoms. The summed E-state index contributed by atoms with van der Waals surface area (Å²) in [6.45, 7) is 2.68. The lowest BCUT2D eigenvalue weighted by molar-refractivity contribution is 0.218. The summed E-state index contributed by atoms with van der Waals surface area (Å²) in [5.41, 5.74) is 4.09. The lowest BCUT2D eigenvalue weighted by Crippen LogP contribution is -2.01. The number of hydrogen-bond donors (Lipinski definition) is 1. The number of benzene rings is 2. The fourth-order valence-electron chi connectivity index (χ4n) is 2.71. The molecule has 0 fully saturated rings. The first-order valence-corrected chi connectivity index (χ1v) is 6.81. The van der Waals surface area contributed by atoms with Gasteiger partial charge in [-0.15, -0.1) is 0 Å². The number of para-hydroxylation sites is 1. The van der Waals surface area contributed by atoms with Gasteiger partial charge in [0.05, 0.1) is 0 Å². The van der Waals surface area contributed by atoms with Crippen LogP contribution in [-0.2, 0) is 13.0 Å². The second-order valence-corrected chi connectivity index (χ2v) is 4.98. The van der Waals surface area contributed by atoms with Crippen molar-refractivity contribution < 1.29 is 9.84 Å². The lowest BCUT2D eigenvalue weighted by atomic mass is 9.95. The topological polar surface area (TPSA) is 29.5 Å². The highest BCUT2D eigenvalue weighted by Gasteiger charge is 2.23.